The summed E-state index contributed by atoms with van der Waals surface area (Å²) in [4.78, 5) is 34.6. The average Bonchev–Trinajstić information content (AvgIpc) is 3.40. The molecule has 0 fully saturated rings. The molecule has 2 N–H and O–H groups in total. The number of fused-ring (bicyclic) bond motifs is 1. The number of nitrogens with zero attached hydrogens (tertiary/aromatic N) is 4. The van der Waals surface area contributed by atoms with Crippen molar-refractivity contribution in [3.63, 3.8) is 0 Å². The number of carbonyl (C=O) groups excluding carboxylic acids is 2. The standard InChI is InChI=1S/C33H45N5O8S/c1-21-18-38(22(2)20-39)33(41)28-17-27(36-47(42,43)31-24(4)35-46-25(31)5)10-11-29(28)45-23(3)9-7-8-16-44-30(21)19-37(6)32(40)26-12-14-34-15-13-26/h10-15,17,21-23,30,36,39H,7-9,16,18-20H2,1-6H3/t21-,22-,23+,30-/m0/s1. The first-order valence-electron chi connectivity index (χ1n) is 15.8. The van der Waals surface area contributed by atoms with Crippen molar-refractivity contribution in [2.24, 2.45) is 5.92 Å². The Morgan fingerprint density at radius 2 is 1.89 bits per heavy atom. The fourth-order valence-corrected chi connectivity index (χ4v) is 6.96. The highest BCUT2D eigenvalue weighted by Gasteiger charge is 2.32. The van der Waals surface area contributed by atoms with Gasteiger partial charge in [-0.05, 0) is 77.3 Å². The number of likely N-dealkylation sites (N-methyl/N-ethyl adjacent to an activating group) is 1. The van der Waals surface area contributed by atoms with Gasteiger partial charge in [0.2, 0.25) is 0 Å². The minimum Gasteiger partial charge on any atom is -0.490 e. The first-order chi connectivity index (χ1) is 22.3. The van der Waals surface area contributed by atoms with Crippen LogP contribution >= 0.6 is 0 Å². The number of hydrogen-bond donors (Lipinski definition) is 2. The van der Waals surface area contributed by atoms with Gasteiger partial charge >= 0.3 is 0 Å². The van der Waals surface area contributed by atoms with Gasteiger partial charge in [0.25, 0.3) is 21.8 Å². The van der Waals surface area contributed by atoms with Gasteiger partial charge in [0.15, 0.2) is 10.7 Å². The lowest BCUT2D eigenvalue weighted by molar-refractivity contribution is -0.0149. The summed E-state index contributed by atoms with van der Waals surface area (Å²) < 4.78 is 46.8. The molecule has 2 amide bonds. The SMILES string of the molecule is Cc1noc(C)c1S(=O)(=O)Nc1ccc2c(c1)C(=O)N([C@@H](C)CO)C[C@H](C)[C@H](CN(C)C(=O)c1ccncc1)OCCCC[C@@H](C)O2. The van der Waals surface area contributed by atoms with Crippen LogP contribution in [0.5, 0.6) is 5.75 Å². The zero-order valence-corrected chi connectivity index (χ0v) is 28.6. The van der Waals surface area contributed by atoms with Crippen LogP contribution in [0.4, 0.5) is 5.69 Å². The Morgan fingerprint density at radius 1 is 1.17 bits per heavy atom. The van der Waals surface area contributed by atoms with Crippen LogP contribution in [0.2, 0.25) is 0 Å². The molecule has 13 nitrogen and oxygen atoms in total. The second kappa shape index (κ2) is 15.7. The molecule has 3 aromatic rings. The first kappa shape index (κ1) is 35.8. The smallest absolute Gasteiger partial charge is 0.267 e. The summed E-state index contributed by atoms with van der Waals surface area (Å²) in [5, 5.41) is 14.0. The predicted molar refractivity (Wildman–Crippen MR) is 175 cm³/mol. The normalized spacial score (nSPS) is 20.4. The molecule has 1 aliphatic rings. The molecule has 0 radical (unpaired) electrons. The van der Waals surface area contributed by atoms with Gasteiger partial charge in [-0.25, -0.2) is 8.42 Å². The molecule has 4 atom stereocenters. The van der Waals surface area contributed by atoms with Crippen LogP contribution < -0.4 is 9.46 Å². The van der Waals surface area contributed by atoms with Crippen LogP contribution in [0.25, 0.3) is 0 Å². The van der Waals surface area contributed by atoms with Crippen molar-refractivity contribution in [3.05, 3.63) is 65.3 Å². The number of sulfonamides is 1. The Balaban J connectivity index is 1.67. The van der Waals surface area contributed by atoms with E-state index in [1.165, 1.54) is 24.8 Å². The van der Waals surface area contributed by atoms with Gasteiger partial charge in [0, 0.05) is 56.3 Å². The van der Waals surface area contributed by atoms with Crippen LogP contribution in [0.15, 0.2) is 52.1 Å². The largest absolute Gasteiger partial charge is 0.490 e. The number of aliphatic hydroxyl groups excluding tert-OH is 1. The van der Waals surface area contributed by atoms with E-state index in [1.807, 2.05) is 13.8 Å². The molecule has 0 unspecified atom stereocenters. The van der Waals surface area contributed by atoms with Crippen molar-refractivity contribution in [3.8, 4) is 5.75 Å². The molecule has 3 heterocycles. The number of rotatable bonds is 8. The number of pyridine rings is 1. The number of carbonyl (C=O) groups is 2. The highest BCUT2D eigenvalue weighted by Crippen LogP contribution is 2.30. The summed E-state index contributed by atoms with van der Waals surface area (Å²) in [6, 6.07) is 7.29. The zero-order chi connectivity index (χ0) is 34.3. The minimum atomic E-state index is -4.09. The van der Waals surface area contributed by atoms with Crippen LogP contribution in [0, 0.1) is 19.8 Å². The van der Waals surface area contributed by atoms with Gasteiger partial charge < -0.3 is 28.9 Å². The molecule has 47 heavy (non-hydrogen) atoms. The van der Waals surface area contributed by atoms with Crippen LogP contribution in [0.3, 0.4) is 0 Å². The lowest BCUT2D eigenvalue weighted by Gasteiger charge is -2.36. The molecule has 14 heteroatoms. The van der Waals surface area contributed by atoms with Crippen molar-refractivity contribution in [1.82, 2.24) is 19.9 Å². The molecule has 0 bridgehead atoms. The summed E-state index contributed by atoms with van der Waals surface area (Å²) in [5.41, 5.74) is 1.01. The van der Waals surface area contributed by atoms with E-state index in [-0.39, 0.29) is 65.2 Å². The maximum atomic E-state index is 14.4. The van der Waals surface area contributed by atoms with Gasteiger partial charge in [-0.1, -0.05) is 12.1 Å². The summed E-state index contributed by atoms with van der Waals surface area (Å²) in [6.07, 6.45) is 4.72. The number of aromatic nitrogens is 2. The molecule has 4 rings (SSSR count). The van der Waals surface area contributed by atoms with E-state index in [0.717, 1.165) is 12.8 Å². The molecule has 0 saturated heterocycles. The van der Waals surface area contributed by atoms with Gasteiger partial charge in [0.05, 0.1) is 30.4 Å². The highest BCUT2D eigenvalue weighted by molar-refractivity contribution is 7.92. The monoisotopic (exact) mass is 671 g/mol. The van der Waals surface area contributed by atoms with Crippen LogP contribution in [0.1, 0.15) is 72.2 Å². The van der Waals surface area contributed by atoms with Crippen LogP contribution in [-0.4, -0.2) is 96.9 Å². The van der Waals surface area contributed by atoms with E-state index >= 15 is 0 Å². The summed E-state index contributed by atoms with van der Waals surface area (Å²) in [6.45, 7) is 9.25. The van der Waals surface area contributed by atoms with E-state index in [1.54, 1.807) is 55.5 Å². The van der Waals surface area contributed by atoms with Gasteiger partial charge in [-0.15, -0.1) is 0 Å². The number of anilines is 1. The molecule has 0 aliphatic carbocycles. The predicted octanol–water partition coefficient (Wildman–Crippen LogP) is 4.05. The molecular weight excluding hydrogens is 626 g/mol. The number of hydrogen-bond acceptors (Lipinski definition) is 10. The van der Waals surface area contributed by atoms with Crippen molar-refractivity contribution in [1.29, 1.82) is 0 Å². The maximum absolute atomic E-state index is 14.4. The lowest BCUT2D eigenvalue weighted by Crippen LogP contribution is -2.48. The van der Waals surface area contributed by atoms with Gasteiger partial charge in [-0.3, -0.25) is 19.3 Å². The molecular formula is C33H45N5O8S. The lowest BCUT2D eigenvalue weighted by atomic mass is 10.0. The molecule has 0 saturated carbocycles. The Bertz CT molecular complexity index is 1610. The van der Waals surface area contributed by atoms with E-state index in [0.29, 0.717) is 24.3 Å². The Labute approximate surface area is 276 Å². The first-order valence-corrected chi connectivity index (χ1v) is 17.3. The van der Waals surface area contributed by atoms with E-state index < -0.39 is 28.1 Å². The number of ether oxygens (including phenoxy) is 2. The third kappa shape index (κ3) is 8.87. The van der Waals surface area contributed by atoms with Crippen LogP contribution in [-0.2, 0) is 14.8 Å². The quantitative estimate of drug-likeness (QED) is 0.357. The maximum Gasteiger partial charge on any atom is 0.267 e. The molecule has 256 valence electrons. The topological polar surface area (TPSA) is 164 Å². The molecule has 0 spiro atoms. The number of benzene rings is 1. The van der Waals surface area contributed by atoms with E-state index in [2.05, 4.69) is 14.9 Å². The molecule has 2 aromatic heterocycles. The van der Waals surface area contributed by atoms with Crippen molar-refractivity contribution in [2.45, 2.75) is 77.0 Å². The number of aliphatic hydroxyl groups is 1. The van der Waals surface area contributed by atoms with Gasteiger partial charge in [-0.2, -0.15) is 0 Å². The van der Waals surface area contributed by atoms with E-state index in [9.17, 15) is 23.1 Å². The highest BCUT2D eigenvalue weighted by atomic mass is 32.2. The third-order valence-electron chi connectivity index (χ3n) is 8.27. The summed E-state index contributed by atoms with van der Waals surface area (Å²) >= 11 is 0. The fourth-order valence-electron chi connectivity index (χ4n) is 5.58. The second-order valence-electron chi connectivity index (χ2n) is 12.2. The number of nitrogens with one attached hydrogen (secondary N) is 1. The van der Waals surface area contributed by atoms with Crippen molar-refractivity contribution < 1.29 is 37.1 Å². The van der Waals surface area contributed by atoms with Gasteiger partial charge in [0.1, 0.15) is 11.4 Å². The fraction of sp³-hybridized carbons (Fsp3) is 0.515. The zero-order valence-electron chi connectivity index (χ0n) is 27.8. The van der Waals surface area contributed by atoms with Crippen molar-refractivity contribution in [2.75, 3.05) is 38.1 Å². The Kier molecular flexibility index (Phi) is 12.0. The summed E-state index contributed by atoms with van der Waals surface area (Å²) in [5.74, 6) is -0.434. The molecule has 1 aromatic carbocycles. The Morgan fingerprint density at radius 3 is 2.55 bits per heavy atom. The third-order valence-corrected chi connectivity index (χ3v) is 9.89. The van der Waals surface area contributed by atoms with E-state index in [4.69, 9.17) is 14.0 Å². The number of aryl methyl sites for hydroxylation is 2. The van der Waals surface area contributed by atoms with Crippen molar-refractivity contribution >= 4 is 27.5 Å². The minimum absolute atomic E-state index is 0.0726. The average molecular weight is 672 g/mol. The number of amides is 2. The summed E-state index contributed by atoms with van der Waals surface area (Å²) in [7, 11) is -2.38. The second-order valence-corrected chi connectivity index (χ2v) is 13.8. The Hall–Kier alpha value is -4.01. The molecule has 1 aliphatic heterocycles.